The van der Waals surface area contributed by atoms with E-state index in [1.807, 2.05) is 30.3 Å². The fourth-order valence-electron chi connectivity index (χ4n) is 4.59. The maximum Gasteiger partial charge on any atom is 0.279 e. The highest BCUT2D eigenvalue weighted by Crippen LogP contribution is 2.27. The molecule has 6 nitrogen and oxygen atoms in total. The molecule has 0 radical (unpaired) electrons. The number of rotatable bonds is 6. The van der Waals surface area contributed by atoms with E-state index in [0.29, 0.717) is 6.54 Å². The summed E-state index contributed by atoms with van der Waals surface area (Å²) in [5.41, 5.74) is 3.27. The van der Waals surface area contributed by atoms with Crippen molar-refractivity contribution >= 4 is 23.0 Å². The molecule has 0 spiro atoms. The first-order valence-corrected chi connectivity index (χ1v) is 11.5. The normalized spacial score (nSPS) is 18.1. The van der Waals surface area contributed by atoms with Gasteiger partial charge in [-0.3, -0.25) is 4.79 Å². The Labute approximate surface area is 185 Å². The summed E-state index contributed by atoms with van der Waals surface area (Å²) in [5.74, 6) is 1.82. The molecule has 2 heterocycles. The van der Waals surface area contributed by atoms with Crippen LogP contribution in [0.15, 0.2) is 48.5 Å². The zero-order valence-corrected chi connectivity index (χ0v) is 18.8. The van der Waals surface area contributed by atoms with Gasteiger partial charge in [-0.15, -0.1) is 0 Å². The molecule has 1 amide bonds. The smallest absolute Gasteiger partial charge is 0.279 e. The van der Waals surface area contributed by atoms with Gasteiger partial charge in [-0.25, -0.2) is 0 Å². The Morgan fingerprint density at radius 2 is 1.68 bits per heavy atom. The van der Waals surface area contributed by atoms with Crippen LogP contribution >= 0.6 is 0 Å². The summed E-state index contributed by atoms with van der Waals surface area (Å²) in [7, 11) is 1.71. The first-order valence-electron chi connectivity index (χ1n) is 11.5. The van der Waals surface area contributed by atoms with Crippen molar-refractivity contribution in [3.8, 4) is 5.75 Å². The number of quaternary nitrogens is 1. The first-order chi connectivity index (χ1) is 15.1. The minimum atomic E-state index is 0.0836. The molecule has 166 valence electrons. The average Bonchev–Trinajstić information content (AvgIpc) is 2.80. The number of anilines is 3. The van der Waals surface area contributed by atoms with Crippen molar-refractivity contribution in [1.29, 1.82) is 0 Å². The number of ether oxygens (including phenoxy) is 1. The summed E-state index contributed by atoms with van der Waals surface area (Å²) in [6.07, 6.45) is 2.51. The molecule has 31 heavy (non-hydrogen) atoms. The number of piperidine rings is 1. The van der Waals surface area contributed by atoms with Crippen molar-refractivity contribution in [2.45, 2.75) is 19.8 Å². The van der Waals surface area contributed by atoms with Crippen LogP contribution in [0.2, 0.25) is 0 Å². The Balaban J connectivity index is 1.24. The van der Waals surface area contributed by atoms with Gasteiger partial charge < -0.3 is 24.8 Å². The highest BCUT2D eigenvalue weighted by Gasteiger charge is 2.24. The maximum atomic E-state index is 12.6. The van der Waals surface area contributed by atoms with Crippen LogP contribution in [0.25, 0.3) is 0 Å². The highest BCUT2D eigenvalue weighted by molar-refractivity contribution is 5.91. The van der Waals surface area contributed by atoms with Crippen LogP contribution in [0.4, 0.5) is 17.1 Å². The molecule has 2 aromatic carbocycles. The lowest BCUT2D eigenvalue weighted by Crippen LogP contribution is -3.15. The largest absolute Gasteiger partial charge is 0.495 e. The van der Waals surface area contributed by atoms with Gasteiger partial charge in [0.2, 0.25) is 0 Å². The van der Waals surface area contributed by atoms with Gasteiger partial charge in [0.05, 0.1) is 39.0 Å². The summed E-state index contributed by atoms with van der Waals surface area (Å²) in [4.78, 5) is 18.7. The molecule has 0 aromatic heterocycles. The van der Waals surface area contributed by atoms with Crippen LogP contribution < -0.4 is 24.8 Å². The molecule has 0 atom stereocenters. The summed E-state index contributed by atoms with van der Waals surface area (Å²) < 4.78 is 5.49. The third-order valence-electron chi connectivity index (χ3n) is 6.61. The lowest BCUT2D eigenvalue weighted by Gasteiger charge is -2.34. The number of nitrogens with one attached hydrogen (secondary N) is 2. The van der Waals surface area contributed by atoms with Crippen LogP contribution in [0, 0.1) is 5.92 Å². The predicted octanol–water partition coefficient (Wildman–Crippen LogP) is 2.28. The molecular weight excluding hydrogens is 388 g/mol. The number of benzene rings is 2. The van der Waals surface area contributed by atoms with Crippen LogP contribution in [0.3, 0.4) is 0 Å². The molecule has 0 bridgehead atoms. The van der Waals surface area contributed by atoms with Crippen LogP contribution in [-0.4, -0.2) is 58.8 Å². The van der Waals surface area contributed by atoms with Crippen molar-refractivity contribution < 1.29 is 14.4 Å². The Morgan fingerprint density at radius 3 is 2.35 bits per heavy atom. The van der Waals surface area contributed by atoms with Crippen molar-refractivity contribution in [2.75, 3.05) is 68.0 Å². The molecule has 2 aliphatic rings. The van der Waals surface area contributed by atoms with Gasteiger partial charge in [-0.2, -0.15) is 0 Å². The summed E-state index contributed by atoms with van der Waals surface area (Å²) in [6, 6.07) is 16.5. The maximum absolute atomic E-state index is 12.6. The SMILES string of the molecule is COc1ccccc1N1CC[NH+](CC(=O)Nc2ccc(N3CCC(C)CC3)cc2)CC1. The van der Waals surface area contributed by atoms with Gasteiger partial charge in [0.1, 0.15) is 5.75 Å². The molecule has 0 saturated carbocycles. The Hall–Kier alpha value is -2.73. The van der Waals surface area contributed by atoms with E-state index in [-0.39, 0.29) is 5.91 Å². The molecule has 0 unspecified atom stereocenters. The Bertz CT molecular complexity index is 854. The number of nitrogens with zero attached hydrogens (tertiary/aromatic N) is 2. The fourth-order valence-corrected chi connectivity index (χ4v) is 4.59. The van der Waals surface area contributed by atoms with E-state index in [4.69, 9.17) is 4.74 Å². The van der Waals surface area contributed by atoms with E-state index in [1.165, 1.54) is 23.4 Å². The van der Waals surface area contributed by atoms with E-state index in [2.05, 4.69) is 40.2 Å². The van der Waals surface area contributed by atoms with Gasteiger partial charge in [0.15, 0.2) is 6.54 Å². The Kier molecular flexibility index (Phi) is 6.97. The van der Waals surface area contributed by atoms with E-state index < -0.39 is 0 Å². The molecule has 0 aliphatic carbocycles. The van der Waals surface area contributed by atoms with Crippen LogP contribution in [-0.2, 0) is 4.79 Å². The third-order valence-corrected chi connectivity index (χ3v) is 6.61. The predicted molar refractivity (Wildman–Crippen MR) is 126 cm³/mol. The minimum Gasteiger partial charge on any atom is -0.495 e. The standard InChI is InChI=1S/C25H34N4O2/c1-20-11-13-28(14-12-20)22-9-7-21(8-10-22)26-25(30)19-27-15-17-29(18-16-27)23-5-3-4-6-24(23)31-2/h3-10,20H,11-19H2,1-2H3,(H,26,30)/p+1. The van der Waals surface area contributed by atoms with Crippen LogP contribution in [0.1, 0.15) is 19.8 Å². The molecule has 2 saturated heterocycles. The highest BCUT2D eigenvalue weighted by atomic mass is 16.5. The topological polar surface area (TPSA) is 49.3 Å². The minimum absolute atomic E-state index is 0.0836. The van der Waals surface area contributed by atoms with Crippen molar-refractivity contribution in [2.24, 2.45) is 5.92 Å². The van der Waals surface area contributed by atoms with Gasteiger partial charge in [-0.05, 0) is 55.2 Å². The monoisotopic (exact) mass is 423 g/mol. The van der Waals surface area contributed by atoms with E-state index in [9.17, 15) is 4.79 Å². The third kappa shape index (κ3) is 5.50. The van der Waals surface area contributed by atoms with Gasteiger partial charge >= 0.3 is 0 Å². The Morgan fingerprint density at radius 1 is 1.00 bits per heavy atom. The van der Waals surface area contributed by atoms with E-state index in [1.54, 1.807) is 7.11 Å². The number of carbonyl (C=O) groups is 1. The lowest BCUT2D eigenvalue weighted by molar-refractivity contribution is -0.892. The average molecular weight is 424 g/mol. The molecule has 6 heteroatoms. The van der Waals surface area contributed by atoms with E-state index in [0.717, 1.165) is 62.3 Å². The van der Waals surface area contributed by atoms with Crippen molar-refractivity contribution in [1.82, 2.24) is 0 Å². The van der Waals surface area contributed by atoms with Crippen LogP contribution in [0.5, 0.6) is 5.75 Å². The summed E-state index contributed by atoms with van der Waals surface area (Å²) in [5, 5.41) is 3.08. The van der Waals surface area contributed by atoms with Gasteiger partial charge in [-0.1, -0.05) is 19.1 Å². The van der Waals surface area contributed by atoms with Gasteiger partial charge in [0, 0.05) is 24.5 Å². The zero-order chi connectivity index (χ0) is 21.6. The molecular formula is C25H35N4O2+. The fraction of sp³-hybridized carbons (Fsp3) is 0.480. The molecule has 2 aromatic rings. The second-order valence-corrected chi connectivity index (χ2v) is 8.85. The van der Waals surface area contributed by atoms with Gasteiger partial charge in [0.25, 0.3) is 5.91 Å². The molecule has 4 rings (SSSR count). The zero-order valence-electron chi connectivity index (χ0n) is 18.8. The number of hydrogen-bond acceptors (Lipinski definition) is 4. The number of methoxy groups -OCH3 is 1. The number of carbonyl (C=O) groups excluding carboxylic acids is 1. The number of hydrogen-bond donors (Lipinski definition) is 2. The first kappa shape index (κ1) is 21.5. The number of amides is 1. The molecule has 2 N–H and O–H groups in total. The second kappa shape index (κ2) is 10.1. The second-order valence-electron chi connectivity index (χ2n) is 8.85. The quantitative estimate of drug-likeness (QED) is 0.749. The number of piperazine rings is 1. The summed E-state index contributed by atoms with van der Waals surface area (Å²) >= 11 is 0. The molecule has 2 aliphatic heterocycles. The lowest BCUT2D eigenvalue weighted by atomic mass is 9.99. The van der Waals surface area contributed by atoms with Crippen molar-refractivity contribution in [3.63, 3.8) is 0 Å². The van der Waals surface area contributed by atoms with Crippen molar-refractivity contribution in [3.05, 3.63) is 48.5 Å². The number of para-hydroxylation sites is 2. The van der Waals surface area contributed by atoms with E-state index >= 15 is 0 Å². The molecule has 2 fully saturated rings. The summed E-state index contributed by atoms with van der Waals surface area (Å²) in [6.45, 7) is 8.81.